The third-order valence-electron chi connectivity index (χ3n) is 1.61. The quantitative estimate of drug-likeness (QED) is 0.436. The summed E-state index contributed by atoms with van der Waals surface area (Å²) in [5, 5.41) is 10.7. The molecule has 1 aromatic rings. The summed E-state index contributed by atoms with van der Waals surface area (Å²) in [6.45, 7) is 1.76. The molecule has 0 bridgehead atoms. The van der Waals surface area contributed by atoms with Gasteiger partial charge in [-0.25, -0.2) is 0 Å². The molecular weight excluding hydrogens is 213 g/mol. The van der Waals surface area contributed by atoms with Crippen LogP contribution in [-0.2, 0) is 5.88 Å². The number of benzene rings is 1. The van der Waals surface area contributed by atoms with Crippen molar-refractivity contribution in [1.82, 2.24) is 0 Å². The van der Waals surface area contributed by atoms with Gasteiger partial charge in [0.25, 0.3) is 5.69 Å². The molecule has 0 fully saturated rings. The fraction of sp³-hybridized carbons (Fsp3) is 0.250. The molecule has 0 amide bonds. The first-order chi connectivity index (χ1) is 6.06. The molecule has 0 aliphatic carbocycles. The van der Waals surface area contributed by atoms with Crippen LogP contribution in [0.1, 0.15) is 11.1 Å². The molecule has 0 aliphatic heterocycles. The topological polar surface area (TPSA) is 43.1 Å². The summed E-state index contributed by atoms with van der Waals surface area (Å²) in [6.07, 6.45) is 0. The van der Waals surface area contributed by atoms with E-state index in [4.69, 9.17) is 23.2 Å². The molecule has 1 aromatic carbocycles. The highest BCUT2D eigenvalue weighted by atomic mass is 35.5. The number of aryl methyl sites for hydroxylation is 1. The van der Waals surface area contributed by atoms with Crippen molar-refractivity contribution in [2.75, 3.05) is 0 Å². The minimum absolute atomic E-state index is 0.0858. The number of hydrogen-bond acceptors (Lipinski definition) is 2. The van der Waals surface area contributed by atoms with E-state index < -0.39 is 4.92 Å². The molecule has 0 aliphatic rings. The average Bonchev–Trinajstić information content (AvgIpc) is 2.08. The van der Waals surface area contributed by atoms with Gasteiger partial charge in [-0.3, -0.25) is 10.1 Å². The molecule has 0 spiro atoms. The third kappa shape index (κ3) is 2.11. The van der Waals surface area contributed by atoms with Crippen LogP contribution in [0.15, 0.2) is 12.1 Å². The Labute approximate surface area is 85.4 Å². The van der Waals surface area contributed by atoms with Gasteiger partial charge in [0.1, 0.15) is 5.02 Å². The molecule has 0 saturated heterocycles. The van der Waals surface area contributed by atoms with Crippen molar-refractivity contribution in [3.05, 3.63) is 38.4 Å². The second-order valence-corrected chi connectivity index (χ2v) is 3.29. The van der Waals surface area contributed by atoms with Gasteiger partial charge in [0.2, 0.25) is 0 Å². The lowest BCUT2D eigenvalue weighted by molar-refractivity contribution is -0.384. The van der Waals surface area contributed by atoms with Crippen molar-refractivity contribution in [1.29, 1.82) is 0 Å². The standard InChI is InChI=1S/C8H7Cl2NO2/c1-5-2-6(4-9)8(10)7(3-5)11(12)13/h2-3H,4H2,1H3. The zero-order valence-corrected chi connectivity index (χ0v) is 8.39. The number of nitro groups is 1. The minimum atomic E-state index is -0.509. The number of hydrogen-bond donors (Lipinski definition) is 0. The molecule has 70 valence electrons. The van der Waals surface area contributed by atoms with E-state index in [0.29, 0.717) is 5.56 Å². The monoisotopic (exact) mass is 219 g/mol. The Morgan fingerprint density at radius 3 is 2.62 bits per heavy atom. The lowest BCUT2D eigenvalue weighted by Gasteiger charge is -2.02. The van der Waals surface area contributed by atoms with Crippen LogP contribution < -0.4 is 0 Å². The largest absolute Gasteiger partial charge is 0.288 e. The Morgan fingerprint density at radius 1 is 1.54 bits per heavy atom. The number of alkyl halides is 1. The molecule has 0 atom stereocenters. The number of nitrogens with zero attached hydrogens (tertiary/aromatic N) is 1. The molecule has 1 rings (SSSR count). The number of rotatable bonds is 2. The fourth-order valence-electron chi connectivity index (χ4n) is 1.05. The first kappa shape index (κ1) is 10.3. The Balaban J connectivity index is 3.35. The van der Waals surface area contributed by atoms with Crippen molar-refractivity contribution < 1.29 is 4.92 Å². The van der Waals surface area contributed by atoms with Crippen LogP contribution in [0.2, 0.25) is 5.02 Å². The van der Waals surface area contributed by atoms with E-state index in [-0.39, 0.29) is 16.6 Å². The molecule has 0 saturated carbocycles. The molecule has 0 N–H and O–H groups in total. The maximum absolute atomic E-state index is 10.5. The van der Waals surface area contributed by atoms with Gasteiger partial charge in [0.15, 0.2) is 0 Å². The maximum atomic E-state index is 10.5. The Morgan fingerprint density at radius 2 is 2.15 bits per heavy atom. The van der Waals surface area contributed by atoms with Crippen molar-refractivity contribution in [3.63, 3.8) is 0 Å². The number of halogens is 2. The summed E-state index contributed by atoms with van der Waals surface area (Å²) in [7, 11) is 0. The van der Waals surface area contributed by atoms with E-state index in [0.717, 1.165) is 5.56 Å². The molecule has 0 heterocycles. The fourth-order valence-corrected chi connectivity index (χ4v) is 1.58. The highest BCUT2D eigenvalue weighted by molar-refractivity contribution is 6.34. The SMILES string of the molecule is Cc1cc(CCl)c(Cl)c([N+](=O)[O-])c1. The first-order valence-electron chi connectivity index (χ1n) is 3.55. The van der Waals surface area contributed by atoms with Crippen molar-refractivity contribution in [3.8, 4) is 0 Å². The van der Waals surface area contributed by atoms with Gasteiger partial charge in [0, 0.05) is 11.9 Å². The van der Waals surface area contributed by atoms with Gasteiger partial charge in [-0.05, 0) is 18.1 Å². The first-order valence-corrected chi connectivity index (χ1v) is 4.47. The molecule has 13 heavy (non-hydrogen) atoms. The van der Waals surface area contributed by atoms with Crippen molar-refractivity contribution in [2.45, 2.75) is 12.8 Å². The van der Waals surface area contributed by atoms with Crippen LogP contribution in [0.25, 0.3) is 0 Å². The maximum Gasteiger partial charge on any atom is 0.288 e. The zero-order valence-electron chi connectivity index (χ0n) is 6.88. The number of nitro benzene ring substituents is 1. The Bertz CT molecular complexity index is 352. The minimum Gasteiger partial charge on any atom is -0.258 e. The van der Waals surface area contributed by atoms with Crippen LogP contribution in [0.3, 0.4) is 0 Å². The van der Waals surface area contributed by atoms with Gasteiger partial charge < -0.3 is 0 Å². The van der Waals surface area contributed by atoms with E-state index in [1.165, 1.54) is 6.07 Å². The lowest BCUT2D eigenvalue weighted by Crippen LogP contribution is -1.93. The Kier molecular flexibility index (Phi) is 3.12. The normalized spacial score (nSPS) is 10.1. The summed E-state index contributed by atoms with van der Waals surface area (Å²) in [5.41, 5.74) is 1.29. The summed E-state index contributed by atoms with van der Waals surface area (Å²) < 4.78 is 0. The predicted octanol–water partition coefficient (Wildman–Crippen LogP) is 3.30. The Hall–Kier alpha value is -0.800. The molecule has 5 heteroatoms. The average molecular weight is 220 g/mol. The van der Waals surface area contributed by atoms with Gasteiger partial charge in [-0.2, -0.15) is 0 Å². The summed E-state index contributed by atoms with van der Waals surface area (Å²) in [6, 6.07) is 3.17. The summed E-state index contributed by atoms with van der Waals surface area (Å²) >= 11 is 11.3. The van der Waals surface area contributed by atoms with Gasteiger partial charge in [0.05, 0.1) is 4.92 Å². The lowest BCUT2D eigenvalue weighted by atomic mass is 10.1. The highest BCUT2D eigenvalue weighted by Crippen LogP contribution is 2.30. The smallest absolute Gasteiger partial charge is 0.258 e. The predicted molar refractivity (Wildman–Crippen MR) is 52.4 cm³/mol. The third-order valence-corrected chi connectivity index (χ3v) is 2.34. The van der Waals surface area contributed by atoms with Gasteiger partial charge in [-0.1, -0.05) is 17.7 Å². The summed E-state index contributed by atoms with van der Waals surface area (Å²) in [5.74, 6) is 0.182. The van der Waals surface area contributed by atoms with E-state index in [1.807, 2.05) is 0 Å². The second-order valence-electron chi connectivity index (χ2n) is 2.65. The van der Waals surface area contributed by atoms with E-state index in [9.17, 15) is 10.1 Å². The molecule has 0 unspecified atom stereocenters. The van der Waals surface area contributed by atoms with Crippen LogP contribution in [0.4, 0.5) is 5.69 Å². The van der Waals surface area contributed by atoms with E-state index in [1.54, 1.807) is 13.0 Å². The van der Waals surface area contributed by atoms with Crippen LogP contribution in [0, 0.1) is 17.0 Å². The van der Waals surface area contributed by atoms with Crippen LogP contribution in [-0.4, -0.2) is 4.92 Å². The van der Waals surface area contributed by atoms with Crippen molar-refractivity contribution in [2.24, 2.45) is 0 Å². The van der Waals surface area contributed by atoms with Crippen LogP contribution >= 0.6 is 23.2 Å². The molecule has 0 aromatic heterocycles. The van der Waals surface area contributed by atoms with Crippen LogP contribution in [0.5, 0.6) is 0 Å². The van der Waals surface area contributed by atoms with Gasteiger partial charge in [-0.15, -0.1) is 11.6 Å². The van der Waals surface area contributed by atoms with E-state index in [2.05, 4.69) is 0 Å². The van der Waals surface area contributed by atoms with Gasteiger partial charge >= 0.3 is 0 Å². The second kappa shape index (κ2) is 3.94. The van der Waals surface area contributed by atoms with Crippen molar-refractivity contribution >= 4 is 28.9 Å². The summed E-state index contributed by atoms with van der Waals surface area (Å²) in [4.78, 5) is 10.0. The molecule has 0 radical (unpaired) electrons. The molecule has 3 nitrogen and oxygen atoms in total. The van der Waals surface area contributed by atoms with E-state index >= 15 is 0 Å². The highest BCUT2D eigenvalue weighted by Gasteiger charge is 2.15. The zero-order chi connectivity index (χ0) is 10.0. The molecular formula is C8H7Cl2NO2.